The molecular weight excluding hydrogens is 240 g/mol. The number of nitrogens with one attached hydrogen (secondary N) is 1. The number of carboxylic acids is 1. The van der Waals surface area contributed by atoms with E-state index in [-0.39, 0.29) is 0 Å². The summed E-state index contributed by atoms with van der Waals surface area (Å²) in [5, 5.41) is 12.1. The Morgan fingerprint density at radius 2 is 1.89 bits per heavy atom. The average molecular weight is 256 g/mol. The Hall–Kier alpha value is -2.49. The Morgan fingerprint density at radius 1 is 1.21 bits per heavy atom. The number of carboxylic acid groups (broad SMARTS) is 1. The number of anilines is 2. The fourth-order valence-electron chi connectivity index (χ4n) is 1.75. The van der Waals surface area contributed by atoms with Crippen LogP contribution in [0.3, 0.4) is 0 Å². The summed E-state index contributed by atoms with van der Waals surface area (Å²) in [6, 6.07) is 12.6. The highest BCUT2D eigenvalue weighted by Crippen LogP contribution is 2.17. The molecule has 19 heavy (non-hydrogen) atoms. The molecule has 0 amide bonds. The van der Waals surface area contributed by atoms with Gasteiger partial charge in [0.2, 0.25) is 0 Å². The van der Waals surface area contributed by atoms with Crippen molar-refractivity contribution in [2.75, 3.05) is 11.1 Å². The summed E-state index contributed by atoms with van der Waals surface area (Å²) in [6.45, 7) is 2.60. The standard InChI is InChI=1S/C15H16N2O2/c1-10-8-13(6-7-14(10)16)17-9-11-2-4-12(5-3-11)15(18)19/h2-8,17H,9,16H2,1H3,(H,18,19). The summed E-state index contributed by atoms with van der Waals surface area (Å²) >= 11 is 0. The van der Waals surface area contributed by atoms with Gasteiger partial charge in [-0.2, -0.15) is 0 Å². The van der Waals surface area contributed by atoms with Crippen molar-refractivity contribution in [2.24, 2.45) is 0 Å². The van der Waals surface area contributed by atoms with E-state index in [1.165, 1.54) is 0 Å². The third-order valence-electron chi connectivity index (χ3n) is 2.97. The van der Waals surface area contributed by atoms with Gasteiger partial charge in [0.1, 0.15) is 0 Å². The predicted octanol–water partition coefficient (Wildman–Crippen LogP) is 2.89. The number of aromatic carboxylic acids is 1. The Kier molecular flexibility index (Phi) is 3.71. The number of benzene rings is 2. The van der Waals surface area contributed by atoms with E-state index in [9.17, 15) is 4.79 Å². The van der Waals surface area contributed by atoms with Gasteiger partial charge >= 0.3 is 5.97 Å². The van der Waals surface area contributed by atoms with Crippen molar-refractivity contribution in [3.05, 3.63) is 59.2 Å². The van der Waals surface area contributed by atoms with Crippen molar-refractivity contribution < 1.29 is 9.90 Å². The maximum atomic E-state index is 10.7. The van der Waals surface area contributed by atoms with Gasteiger partial charge < -0.3 is 16.2 Å². The minimum absolute atomic E-state index is 0.298. The van der Waals surface area contributed by atoms with Crippen LogP contribution in [0.2, 0.25) is 0 Å². The van der Waals surface area contributed by atoms with E-state index in [0.717, 1.165) is 22.5 Å². The molecular formula is C15H16N2O2. The first-order valence-corrected chi connectivity index (χ1v) is 5.98. The zero-order valence-corrected chi connectivity index (χ0v) is 10.7. The van der Waals surface area contributed by atoms with E-state index in [1.807, 2.05) is 25.1 Å². The summed E-state index contributed by atoms with van der Waals surface area (Å²) in [5.74, 6) is -0.909. The van der Waals surface area contributed by atoms with Gasteiger partial charge in [-0.25, -0.2) is 4.79 Å². The molecule has 2 aromatic rings. The molecule has 0 aliphatic heterocycles. The van der Waals surface area contributed by atoms with Gasteiger partial charge in [-0.1, -0.05) is 12.1 Å². The molecule has 0 aliphatic rings. The van der Waals surface area contributed by atoms with E-state index in [0.29, 0.717) is 12.1 Å². The minimum atomic E-state index is -0.909. The van der Waals surface area contributed by atoms with Crippen LogP contribution in [0, 0.1) is 6.92 Å². The van der Waals surface area contributed by atoms with E-state index in [4.69, 9.17) is 10.8 Å². The molecule has 0 unspecified atom stereocenters. The van der Waals surface area contributed by atoms with Gasteiger partial charge in [0.05, 0.1) is 5.56 Å². The van der Waals surface area contributed by atoms with Crippen molar-refractivity contribution in [3.63, 3.8) is 0 Å². The van der Waals surface area contributed by atoms with Gasteiger partial charge in [-0.3, -0.25) is 0 Å². The largest absolute Gasteiger partial charge is 0.478 e. The topological polar surface area (TPSA) is 75.3 Å². The second-order valence-electron chi connectivity index (χ2n) is 4.43. The second kappa shape index (κ2) is 5.44. The molecule has 0 aromatic heterocycles. The minimum Gasteiger partial charge on any atom is -0.478 e. The zero-order valence-electron chi connectivity index (χ0n) is 10.7. The van der Waals surface area contributed by atoms with Gasteiger partial charge in [-0.05, 0) is 48.4 Å². The molecule has 0 heterocycles. The molecule has 2 aromatic carbocycles. The monoisotopic (exact) mass is 256 g/mol. The van der Waals surface area contributed by atoms with Crippen molar-refractivity contribution in [1.82, 2.24) is 0 Å². The zero-order chi connectivity index (χ0) is 13.8. The maximum absolute atomic E-state index is 10.7. The Labute approximate surface area is 111 Å². The van der Waals surface area contributed by atoms with Gasteiger partial charge in [0.15, 0.2) is 0 Å². The summed E-state index contributed by atoms with van der Waals surface area (Å²) in [4.78, 5) is 10.7. The van der Waals surface area contributed by atoms with E-state index < -0.39 is 5.97 Å². The third-order valence-corrected chi connectivity index (χ3v) is 2.97. The Bertz CT molecular complexity index is 592. The molecule has 0 spiro atoms. The fraction of sp³-hybridized carbons (Fsp3) is 0.133. The lowest BCUT2D eigenvalue weighted by molar-refractivity contribution is 0.0697. The fourth-order valence-corrected chi connectivity index (χ4v) is 1.75. The van der Waals surface area contributed by atoms with Crippen LogP contribution < -0.4 is 11.1 Å². The van der Waals surface area contributed by atoms with Crippen LogP contribution in [0.1, 0.15) is 21.5 Å². The van der Waals surface area contributed by atoms with Gasteiger partial charge in [-0.15, -0.1) is 0 Å². The predicted molar refractivity (Wildman–Crippen MR) is 76.3 cm³/mol. The third kappa shape index (κ3) is 3.25. The molecule has 98 valence electrons. The molecule has 0 aliphatic carbocycles. The van der Waals surface area contributed by atoms with Crippen LogP contribution in [0.4, 0.5) is 11.4 Å². The first-order valence-electron chi connectivity index (χ1n) is 5.98. The number of nitrogen functional groups attached to an aromatic ring is 1. The Balaban J connectivity index is 2.01. The summed E-state index contributed by atoms with van der Waals surface area (Å²) in [6.07, 6.45) is 0. The highest BCUT2D eigenvalue weighted by molar-refractivity contribution is 5.87. The smallest absolute Gasteiger partial charge is 0.335 e. The molecule has 0 saturated heterocycles. The van der Waals surface area contributed by atoms with Gasteiger partial charge in [0.25, 0.3) is 0 Å². The number of hydrogen-bond donors (Lipinski definition) is 3. The first kappa shape index (κ1) is 13.0. The van der Waals surface area contributed by atoms with Crippen molar-refractivity contribution >= 4 is 17.3 Å². The normalized spacial score (nSPS) is 10.2. The van der Waals surface area contributed by atoms with E-state index in [2.05, 4.69) is 5.32 Å². The highest BCUT2D eigenvalue weighted by atomic mass is 16.4. The van der Waals surface area contributed by atoms with Crippen molar-refractivity contribution in [1.29, 1.82) is 0 Å². The van der Waals surface area contributed by atoms with E-state index in [1.54, 1.807) is 24.3 Å². The lowest BCUT2D eigenvalue weighted by atomic mass is 10.1. The van der Waals surface area contributed by atoms with Crippen LogP contribution in [0.5, 0.6) is 0 Å². The number of nitrogens with two attached hydrogens (primary N) is 1. The highest BCUT2D eigenvalue weighted by Gasteiger charge is 2.02. The quantitative estimate of drug-likeness (QED) is 0.735. The summed E-state index contributed by atoms with van der Waals surface area (Å²) in [5.41, 5.74) is 9.89. The molecule has 0 fully saturated rings. The number of rotatable bonds is 4. The molecule has 0 bridgehead atoms. The SMILES string of the molecule is Cc1cc(NCc2ccc(C(=O)O)cc2)ccc1N. The van der Waals surface area contributed by atoms with Crippen LogP contribution >= 0.6 is 0 Å². The lowest BCUT2D eigenvalue weighted by Gasteiger charge is -2.09. The average Bonchev–Trinajstić information content (AvgIpc) is 2.40. The van der Waals surface area contributed by atoms with E-state index >= 15 is 0 Å². The van der Waals surface area contributed by atoms with Crippen LogP contribution in [0.15, 0.2) is 42.5 Å². The molecule has 2 rings (SSSR count). The van der Waals surface area contributed by atoms with Gasteiger partial charge in [0, 0.05) is 17.9 Å². The first-order chi connectivity index (χ1) is 9.06. The molecule has 0 saturated carbocycles. The molecule has 4 nitrogen and oxygen atoms in total. The van der Waals surface area contributed by atoms with Crippen molar-refractivity contribution in [2.45, 2.75) is 13.5 Å². The lowest BCUT2D eigenvalue weighted by Crippen LogP contribution is -2.01. The summed E-state index contributed by atoms with van der Waals surface area (Å²) < 4.78 is 0. The number of carbonyl (C=O) groups is 1. The Morgan fingerprint density at radius 3 is 2.47 bits per heavy atom. The summed E-state index contributed by atoms with van der Waals surface area (Å²) in [7, 11) is 0. The molecule has 4 heteroatoms. The number of hydrogen-bond acceptors (Lipinski definition) is 3. The second-order valence-corrected chi connectivity index (χ2v) is 4.43. The van der Waals surface area contributed by atoms with Crippen molar-refractivity contribution in [3.8, 4) is 0 Å². The molecule has 0 radical (unpaired) electrons. The van der Waals surface area contributed by atoms with Crippen LogP contribution in [-0.4, -0.2) is 11.1 Å². The number of aryl methyl sites for hydroxylation is 1. The van der Waals surface area contributed by atoms with Crippen LogP contribution in [-0.2, 0) is 6.54 Å². The maximum Gasteiger partial charge on any atom is 0.335 e. The molecule has 0 atom stereocenters. The molecule has 4 N–H and O–H groups in total. The van der Waals surface area contributed by atoms with Crippen LogP contribution in [0.25, 0.3) is 0 Å².